The molecular weight excluding hydrogens is 597 g/mol. The van der Waals surface area contributed by atoms with Gasteiger partial charge >= 0.3 is 24.3 Å². The number of amides is 3. The van der Waals surface area contributed by atoms with Crippen molar-refractivity contribution in [1.82, 2.24) is 19.7 Å². The number of cyclic esters (lactones) is 1. The highest BCUT2D eigenvalue weighted by Crippen LogP contribution is 2.53. The molecule has 3 aromatic rings. The summed E-state index contributed by atoms with van der Waals surface area (Å²) in [4.78, 5) is 53.0. The van der Waals surface area contributed by atoms with Gasteiger partial charge < -0.3 is 29.7 Å². The maximum absolute atomic E-state index is 13.7. The van der Waals surface area contributed by atoms with E-state index in [0.717, 1.165) is 22.6 Å². The fraction of sp³-hybridized carbons (Fsp3) is 0.355. The van der Waals surface area contributed by atoms with Crippen LogP contribution in [0.15, 0.2) is 60.7 Å². The Bertz CT molecular complexity index is 1670. The molecule has 2 atom stereocenters. The summed E-state index contributed by atoms with van der Waals surface area (Å²) in [6.07, 6.45) is -6.19. The minimum absolute atomic E-state index is 0.00701. The van der Waals surface area contributed by atoms with E-state index in [1.165, 1.54) is 21.6 Å². The third-order valence-electron chi connectivity index (χ3n) is 8.74. The van der Waals surface area contributed by atoms with Gasteiger partial charge in [-0.3, -0.25) is 9.69 Å². The molecule has 2 aromatic carbocycles. The van der Waals surface area contributed by atoms with Gasteiger partial charge in [0.25, 0.3) is 5.91 Å². The van der Waals surface area contributed by atoms with Crippen LogP contribution in [-0.2, 0) is 36.0 Å². The summed E-state index contributed by atoms with van der Waals surface area (Å²) in [5.41, 5.74) is -0.591. The van der Waals surface area contributed by atoms with Gasteiger partial charge in [-0.2, -0.15) is 13.2 Å². The number of aromatic carboxylic acids is 1. The van der Waals surface area contributed by atoms with Crippen LogP contribution in [0.3, 0.4) is 0 Å². The van der Waals surface area contributed by atoms with Crippen LogP contribution in [0.5, 0.6) is 0 Å². The van der Waals surface area contributed by atoms with Gasteiger partial charge in [0.05, 0.1) is 41.5 Å². The molecule has 2 aliphatic heterocycles. The number of alkyl halides is 3. The zero-order valence-corrected chi connectivity index (χ0v) is 23.8. The monoisotopic (exact) mass is 626 g/mol. The average Bonchev–Trinajstić information content (AvgIpc) is 3.57. The maximum Gasteiger partial charge on any atom is 0.416 e. The first-order chi connectivity index (χ1) is 21.4. The van der Waals surface area contributed by atoms with Gasteiger partial charge in [0.1, 0.15) is 11.8 Å². The van der Waals surface area contributed by atoms with E-state index in [0.29, 0.717) is 18.4 Å². The van der Waals surface area contributed by atoms with Crippen molar-refractivity contribution in [2.75, 3.05) is 13.1 Å². The van der Waals surface area contributed by atoms with E-state index in [1.54, 1.807) is 6.07 Å². The number of fused-ring (bicyclic) bond motifs is 1. The number of rotatable bonds is 8. The summed E-state index contributed by atoms with van der Waals surface area (Å²) < 4.78 is 47.6. The number of carboxylic acid groups (broad SMARTS) is 2. The average molecular weight is 627 g/mol. The Morgan fingerprint density at radius 1 is 1.02 bits per heavy atom. The molecule has 0 unspecified atom stereocenters. The molecule has 0 radical (unpaired) electrons. The molecule has 1 saturated carbocycles. The lowest BCUT2D eigenvalue weighted by atomic mass is 9.98. The van der Waals surface area contributed by atoms with E-state index >= 15 is 0 Å². The minimum atomic E-state index is -4.55. The van der Waals surface area contributed by atoms with Crippen molar-refractivity contribution in [2.45, 2.75) is 56.2 Å². The Hall–Kier alpha value is -5.01. The van der Waals surface area contributed by atoms with Crippen molar-refractivity contribution in [3.8, 4) is 0 Å². The molecule has 1 aromatic heterocycles. The van der Waals surface area contributed by atoms with Gasteiger partial charge in [-0.1, -0.05) is 42.5 Å². The summed E-state index contributed by atoms with van der Waals surface area (Å²) in [7, 11) is 0. The quantitative estimate of drug-likeness (QED) is 0.333. The summed E-state index contributed by atoms with van der Waals surface area (Å²) in [5, 5.41) is 22.1. The largest absolute Gasteiger partial charge is 0.478 e. The molecule has 1 saturated heterocycles. The van der Waals surface area contributed by atoms with E-state index < -0.39 is 53.5 Å². The second-order valence-corrected chi connectivity index (χ2v) is 11.5. The summed E-state index contributed by atoms with van der Waals surface area (Å²) in [5.74, 6) is -1.95. The van der Waals surface area contributed by atoms with Gasteiger partial charge in [0.15, 0.2) is 0 Å². The number of hydrogen-bond donors (Lipinski definition) is 3. The fourth-order valence-electron chi connectivity index (χ4n) is 6.28. The van der Waals surface area contributed by atoms with Crippen molar-refractivity contribution in [1.29, 1.82) is 0 Å². The standard InChI is InChI=1S/C31H29F3N4O7/c32-31(33,34)20-8-4-7-19(14-20)30(9-10-30)38-17-25(45-29(38)44)22(13-18-5-2-1-3-6-18)35-26(39)23-15-21(27(40)41)24-16-36(28(42)43)11-12-37(23)24/h1-8,14-15,22,25H,9-13,16-17H2,(H,35,39)(H,40,41)(H,42,43)/t22-,25+/m0/s1. The number of carbonyl (C=O) groups is 4. The molecule has 2 fully saturated rings. The van der Waals surface area contributed by atoms with Gasteiger partial charge in [-0.15, -0.1) is 0 Å². The number of ether oxygens (including phenoxy) is 1. The Morgan fingerprint density at radius 2 is 1.76 bits per heavy atom. The topological polar surface area (TPSA) is 141 Å². The lowest BCUT2D eigenvalue weighted by molar-refractivity contribution is -0.137. The van der Waals surface area contributed by atoms with E-state index in [9.17, 15) is 42.6 Å². The lowest BCUT2D eigenvalue weighted by Crippen LogP contribution is -2.48. The van der Waals surface area contributed by atoms with Gasteiger partial charge in [0, 0.05) is 13.1 Å². The SMILES string of the molecule is O=C(O)c1cc(C(=O)N[C@@H](Cc2ccccc2)[C@H]2CN(C3(c4cccc(C(F)(F)F)c4)CC3)C(=O)O2)n2c1CN(C(=O)O)CC2. The predicted octanol–water partition coefficient (Wildman–Crippen LogP) is 4.55. The number of hydrogen-bond acceptors (Lipinski definition) is 5. The van der Waals surface area contributed by atoms with Crippen LogP contribution < -0.4 is 5.32 Å². The van der Waals surface area contributed by atoms with Gasteiger partial charge in [0.2, 0.25) is 0 Å². The molecule has 1 aliphatic carbocycles. The van der Waals surface area contributed by atoms with E-state index in [2.05, 4.69) is 5.32 Å². The van der Waals surface area contributed by atoms with Crippen molar-refractivity contribution in [2.24, 2.45) is 0 Å². The van der Waals surface area contributed by atoms with Crippen LogP contribution in [0.2, 0.25) is 0 Å². The van der Waals surface area contributed by atoms with Crippen molar-refractivity contribution in [3.05, 3.63) is 94.3 Å². The van der Waals surface area contributed by atoms with Crippen LogP contribution in [-0.4, -0.2) is 73.9 Å². The molecule has 3 aliphatic rings. The smallest absolute Gasteiger partial charge is 0.416 e. The second kappa shape index (κ2) is 11.2. The summed E-state index contributed by atoms with van der Waals surface area (Å²) in [6.45, 7) is -0.0824. The van der Waals surface area contributed by atoms with E-state index in [4.69, 9.17) is 4.74 Å². The first kappa shape index (κ1) is 30.0. The molecule has 45 heavy (non-hydrogen) atoms. The molecule has 3 amide bonds. The second-order valence-electron chi connectivity index (χ2n) is 11.5. The highest BCUT2D eigenvalue weighted by atomic mass is 19.4. The van der Waals surface area contributed by atoms with E-state index in [1.807, 2.05) is 30.3 Å². The van der Waals surface area contributed by atoms with Crippen molar-refractivity contribution >= 4 is 24.1 Å². The van der Waals surface area contributed by atoms with Crippen molar-refractivity contribution in [3.63, 3.8) is 0 Å². The molecule has 11 nitrogen and oxygen atoms in total. The number of benzene rings is 2. The first-order valence-corrected chi connectivity index (χ1v) is 14.3. The zero-order valence-electron chi connectivity index (χ0n) is 23.8. The normalized spacial score (nSPS) is 19.4. The number of nitrogens with zero attached hydrogens (tertiary/aromatic N) is 3. The van der Waals surface area contributed by atoms with Crippen LogP contribution in [0.25, 0.3) is 0 Å². The fourth-order valence-corrected chi connectivity index (χ4v) is 6.28. The van der Waals surface area contributed by atoms with Crippen LogP contribution >= 0.6 is 0 Å². The maximum atomic E-state index is 13.7. The predicted molar refractivity (Wildman–Crippen MR) is 151 cm³/mol. The Labute approximate surface area is 254 Å². The Balaban J connectivity index is 1.28. The molecule has 0 bridgehead atoms. The number of halogens is 3. The lowest BCUT2D eigenvalue weighted by Gasteiger charge is -2.29. The van der Waals surface area contributed by atoms with Gasteiger partial charge in [-0.05, 0) is 48.6 Å². The number of nitrogens with one attached hydrogen (secondary N) is 1. The molecule has 0 spiro atoms. The zero-order chi connectivity index (χ0) is 32.1. The van der Waals surface area contributed by atoms with Gasteiger partial charge in [-0.25, -0.2) is 14.4 Å². The van der Waals surface area contributed by atoms with Crippen LogP contribution in [0.4, 0.5) is 22.8 Å². The molecule has 3 heterocycles. The molecule has 6 rings (SSSR count). The third kappa shape index (κ3) is 5.67. The Kier molecular flexibility index (Phi) is 7.45. The molecule has 14 heteroatoms. The first-order valence-electron chi connectivity index (χ1n) is 14.3. The van der Waals surface area contributed by atoms with E-state index in [-0.39, 0.29) is 49.6 Å². The van der Waals surface area contributed by atoms with Crippen LogP contribution in [0, 0.1) is 0 Å². The molecule has 3 N–H and O–H groups in total. The summed E-state index contributed by atoms with van der Waals surface area (Å²) >= 11 is 0. The van der Waals surface area contributed by atoms with Crippen molar-refractivity contribution < 1.29 is 47.3 Å². The summed E-state index contributed by atoms with van der Waals surface area (Å²) in [6, 6.07) is 14.4. The van der Waals surface area contributed by atoms with Crippen LogP contribution in [0.1, 0.15) is 56.1 Å². The molecule has 236 valence electrons. The number of aromatic nitrogens is 1. The Morgan fingerprint density at radius 3 is 2.40 bits per heavy atom. The molecular formula is C31H29F3N4O7. The third-order valence-corrected chi connectivity index (χ3v) is 8.74. The highest BCUT2D eigenvalue weighted by Gasteiger charge is 2.56. The number of carboxylic acids is 1. The highest BCUT2D eigenvalue weighted by molar-refractivity contribution is 5.98. The number of carbonyl (C=O) groups excluding carboxylic acids is 2. The minimum Gasteiger partial charge on any atom is -0.478 e.